The summed E-state index contributed by atoms with van der Waals surface area (Å²) in [4.78, 5) is 19.9. The normalized spacial score (nSPS) is 10.8. The summed E-state index contributed by atoms with van der Waals surface area (Å²) in [6.07, 6.45) is 0. The number of rotatable bonds is 7. The van der Waals surface area contributed by atoms with Gasteiger partial charge in [0.1, 0.15) is 0 Å². The van der Waals surface area contributed by atoms with Crippen LogP contribution in [-0.2, 0) is 0 Å². The first-order valence-corrected chi connectivity index (χ1v) is 11.2. The SMILES string of the molecule is CCOc1ccc(N(C(=O)c2ccccc2Cl)c2nc3ccccc3s2)cc1OCC. The van der Waals surface area contributed by atoms with Gasteiger partial charge in [-0.15, -0.1) is 0 Å². The van der Waals surface area contributed by atoms with Crippen molar-refractivity contribution in [3.05, 3.63) is 77.3 Å². The molecule has 31 heavy (non-hydrogen) atoms. The maximum atomic E-state index is 13.7. The molecule has 3 aromatic carbocycles. The Morgan fingerprint density at radius 1 is 0.968 bits per heavy atom. The lowest BCUT2D eigenvalue weighted by molar-refractivity contribution is 0.0999. The van der Waals surface area contributed by atoms with Crippen LogP contribution >= 0.6 is 22.9 Å². The van der Waals surface area contributed by atoms with E-state index in [2.05, 4.69) is 0 Å². The molecule has 0 N–H and O–H groups in total. The number of carbonyl (C=O) groups excluding carboxylic acids is 1. The molecule has 0 atom stereocenters. The number of fused-ring (bicyclic) bond motifs is 1. The fourth-order valence-corrected chi connectivity index (χ4v) is 4.41. The second kappa shape index (κ2) is 9.37. The van der Waals surface area contributed by atoms with E-state index in [0.717, 1.165) is 10.2 Å². The average molecular weight is 453 g/mol. The molecular formula is C24H21ClN2O3S. The molecule has 0 radical (unpaired) electrons. The Morgan fingerprint density at radius 2 is 1.68 bits per heavy atom. The maximum absolute atomic E-state index is 13.7. The van der Waals surface area contributed by atoms with Gasteiger partial charge in [0.25, 0.3) is 5.91 Å². The van der Waals surface area contributed by atoms with Crippen LogP contribution in [-0.4, -0.2) is 24.1 Å². The number of halogens is 1. The molecule has 0 saturated carbocycles. The lowest BCUT2D eigenvalue weighted by atomic mass is 10.1. The molecule has 0 saturated heterocycles. The first-order valence-electron chi connectivity index (χ1n) is 9.96. The van der Waals surface area contributed by atoms with Gasteiger partial charge in [-0.3, -0.25) is 9.69 Å². The summed E-state index contributed by atoms with van der Waals surface area (Å²) in [5.74, 6) is 0.929. The van der Waals surface area contributed by atoms with Crippen LogP contribution in [0.3, 0.4) is 0 Å². The second-order valence-corrected chi connectivity index (χ2v) is 8.00. The Labute approximate surface area is 189 Å². The molecule has 158 valence electrons. The lowest BCUT2D eigenvalue weighted by Gasteiger charge is -2.22. The minimum absolute atomic E-state index is 0.267. The molecule has 4 aromatic rings. The van der Waals surface area contributed by atoms with Crippen LogP contribution in [0.4, 0.5) is 10.8 Å². The monoisotopic (exact) mass is 452 g/mol. The smallest absolute Gasteiger partial charge is 0.266 e. The predicted molar refractivity (Wildman–Crippen MR) is 126 cm³/mol. The third kappa shape index (κ3) is 4.36. The Hall–Kier alpha value is -3.09. The number of para-hydroxylation sites is 1. The van der Waals surface area contributed by atoms with E-state index in [1.807, 2.05) is 50.2 Å². The average Bonchev–Trinajstić information content (AvgIpc) is 3.19. The van der Waals surface area contributed by atoms with Gasteiger partial charge >= 0.3 is 0 Å². The Balaban J connectivity index is 1.87. The topological polar surface area (TPSA) is 51.7 Å². The molecule has 0 spiro atoms. The molecule has 5 nitrogen and oxygen atoms in total. The third-order valence-corrected chi connectivity index (χ3v) is 5.92. The zero-order chi connectivity index (χ0) is 21.8. The van der Waals surface area contributed by atoms with Crippen molar-refractivity contribution in [1.29, 1.82) is 0 Å². The van der Waals surface area contributed by atoms with E-state index in [0.29, 0.717) is 46.1 Å². The van der Waals surface area contributed by atoms with Crippen molar-refractivity contribution in [2.45, 2.75) is 13.8 Å². The number of aromatic nitrogens is 1. The second-order valence-electron chi connectivity index (χ2n) is 6.58. The molecule has 0 unspecified atom stereocenters. The molecule has 0 aliphatic heterocycles. The highest BCUT2D eigenvalue weighted by atomic mass is 35.5. The van der Waals surface area contributed by atoms with Crippen molar-refractivity contribution in [2.75, 3.05) is 18.1 Å². The molecule has 7 heteroatoms. The number of ether oxygens (including phenoxy) is 2. The molecule has 1 heterocycles. The van der Waals surface area contributed by atoms with Gasteiger partial charge in [-0.1, -0.05) is 47.2 Å². The van der Waals surface area contributed by atoms with E-state index in [1.165, 1.54) is 11.3 Å². The van der Waals surface area contributed by atoms with E-state index >= 15 is 0 Å². The van der Waals surface area contributed by atoms with Gasteiger partial charge in [0, 0.05) is 6.07 Å². The van der Waals surface area contributed by atoms with Gasteiger partial charge in [0.05, 0.1) is 39.7 Å². The standard InChI is InChI=1S/C24H21ClN2O3S/c1-3-29-20-14-13-16(15-21(20)30-4-2)27(23(28)17-9-5-6-10-18(17)25)24-26-19-11-7-8-12-22(19)31-24/h5-15H,3-4H2,1-2H3. The predicted octanol–water partition coefficient (Wildman–Crippen LogP) is 6.73. The minimum Gasteiger partial charge on any atom is -0.490 e. The van der Waals surface area contributed by atoms with Crippen molar-refractivity contribution in [3.63, 3.8) is 0 Å². The molecule has 4 rings (SSSR count). The summed E-state index contributed by atoms with van der Waals surface area (Å²) in [6, 6.07) is 20.2. The first-order chi connectivity index (χ1) is 15.1. The van der Waals surface area contributed by atoms with Crippen LogP contribution in [0.1, 0.15) is 24.2 Å². The summed E-state index contributed by atoms with van der Waals surface area (Å²) in [7, 11) is 0. The molecule has 0 aliphatic carbocycles. The minimum atomic E-state index is -0.267. The fraction of sp³-hybridized carbons (Fsp3) is 0.167. The van der Waals surface area contributed by atoms with E-state index in [9.17, 15) is 4.79 Å². The molecule has 0 bridgehead atoms. The Kier molecular flexibility index (Phi) is 6.39. The number of amides is 1. The number of carbonyl (C=O) groups is 1. The van der Waals surface area contributed by atoms with Gasteiger partial charge in [-0.05, 0) is 50.2 Å². The van der Waals surface area contributed by atoms with E-state index < -0.39 is 0 Å². The molecule has 1 aromatic heterocycles. The van der Waals surface area contributed by atoms with Crippen LogP contribution < -0.4 is 14.4 Å². The van der Waals surface area contributed by atoms with Gasteiger partial charge < -0.3 is 9.47 Å². The third-order valence-electron chi connectivity index (χ3n) is 4.57. The van der Waals surface area contributed by atoms with Crippen molar-refractivity contribution in [2.24, 2.45) is 0 Å². The summed E-state index contributed by atoms with van der Waals surface area (Å²) < 4.78 is 12.4. The summed E-state index contributed by atoms with van der Waals surface area (Å²) in [5.41, 5.74) is 1.85. The Morgan fingerprint density at radius 3 is 2.42 bits per heavy atom. The van der Waals surface area contributed by atoms with E-state index in [1.54, 1.807) is 35.2 Å². The maximum Gasteiger partial charge on any atom is 0.266 e. The summed E-state index contributed by atoms with van der Waals surface area (Å²) in [5, 5.41) is 0.937. The van der Waals surface area contributed by atoms with Crippen LogP contribution in [0.2, 0.25) is 5.02 Å². The highest BCUT2D eigenvalue weighted by Gasteiger charge is 2.26. The quantitative estimate of drug-likeness (QED) is 0.312. The van der Waals surface area contributed by atoms with Crippen LogP contribution in [0.15, 0.2) is 66.7 Å². The number of hydrogen-bond acceptors (Lipinski definition) is 5. The number of nitrogens with zero attached hydrogens (tertiary/aromatic N) is 2. The molecule has 0 fully saturated rings. The van der Waals surface area contributed by atoms with Gasteiger partial charge in [-0.25, -0.2) is 4.98 Å². The van der Waals surface area contributed by atoms with E-state index in [4.69, 9.17) is 26.1 Å². The van der Waals surface area contributed by atoms with Crippen LogP contribution in [0, 0.1) is 0 Å². The van der Waals surface area contributed by atoms with Crippen molar-refractivity contribution < 1.29 is 14.3 Å². The zero-order valence-corrected chi connectivity index (χ0v) is 18.7. The number of thiazole rings is 1. The van der Waals surface area contributed by atoms with Gasteiger partial charge in [0.2, 0.25) is 0 Å². The largest absolute Gasteiger partial charge is 0.490 e. The van der Waals surface area contributed by atoms with E-state index in [-0.39, 0.29) is 5.91 Å². The summed E-state index contributed by atoms with van der Waals surface area (Å²) >= 11 is 7.80. The van der Waals surface area contributed by atoms with Crippen LogP contribution in [0.25, 0.3) is 10.2 Å². The lowest BCUT2D eigenvalue weighted by Crippen LogP contribution is -2.26. The van der Waals surface area contributed by atoms with Crippen LogP contribution in [0.5, 0.6) is 11.5 Å². The molecular weight excluding hydrogens is 432 g/mol. The van der Waals surface area contributed by atoms with Gasteiger partial charge in [0.15, 0.2) is 16.6 Å². The van der Waals surface area contributed by atoms with Gasteiger partial charge in [-0.2, -0.15) is 0 Å². The van der Waals surface area contributed by atoms with Crippen molar-refractivity contribution in [3.8, 4) is 11.5 Å². The highest BCUT2D eigenvalue weighted by Crippen LogP contribution is 2.39. The summed E-state index contributed by atoms with van der Waals surface area (Å²) in [6.45, 7) is 4.81. The van der Waals surface area contributed by atoms with Crippen molar-refractivity contribution in [1.82, 2.24) is 4.98 Å². The number of benzene rings is 3. The molecule has 1 amide bonds. The number of anilines is 2. The first kappa shape index (κ1) is 21.2. The Bertz CT molecular complexity index is 1190. The fourth-order valence-electron chi connectivity index (χ4n) is 3.20. The van der Waals surface area contributed by atoms with Crippen molar-refractivity contribution >= 4 is 49.9 Å². The zero-order valence-electron chi connectivity index (χ0n) is 17.2. The molecule has 0 aliphatic rings. The highest BCUT2D eigenvalue weighted by molar-refractivity contribution is 7.22. The number of hydrogen-bond donors (Lipinski definition) is 0.